The van der Waals surface area contributed by atoms with Crippen LogP contribution in [0.15, 0.2) is 60.7 Å². The highest BCUT2D eigenvalue weighted by Gasteiger charge is 2.41. The zero-order chi connectivity index (χ0) is 19.9. The lowest BCUT2D eigenvalue weighted by molar-refractivity contribution is -0.00000697. The number of hydrogen-bond donors (Lipinski definition) is 1. The minimum Gasteiger partial charge on any atom is -1.00 e. The molecule has 0 aliphatic heterocycles. The van der Waals surface area contributed by atoms with E-state index in [1.54, 1.807) is 0 Å². The minimum absolute atomic E-state index is 0. The van der Waals surface area contributed by atoms with E-state index in [1.807, 2.05) is 0 Å². The van der Waals surface area contributed by atoms with Crippen LogP contribution in [0.1, 0.15) is 71.1 Å². The standard InChI is InChI=1S/C26H40OP.BrH/c1-2-3-4-5-6-7-8-9-10-17-23-28(24-22-27,25-18-13-11-14-19-25)26-20-15-12-16-21-26;/h11-16,18-21,27H,2-10,17,22-24H2,1H3;1H/q+1;/p-1. The third-order valence-electron chi connectivity index (χ3n) is 5.88. The molecule has 2 aromatic rings. The zero-order valence-corrected chi connectivity index (χ0v) is 20.7. The average molecular weight is 479 g/mol. The Balaban J connectivity index is 0.00000420. The molecule has 162 valence electrons. The van der Waals surface area contributed by atoms with Gasteiger partial charge in [-0.1, -0.05) is 94.7 Å². The van der Waals surface area contributed by atoms with Crippen molar-refractivity contribution in [2.45, 2.75) is 71.1 Å². The van der Waals surface area contributed by atoms with Gasteiger partial charge in [-0.3, -0.25) is 0 Å². The van der Waals surface area contributed by atoms with Gasteiger partial charge >= 0.3 is 0 Å². The molecule has 2 aromatic carbocycles. The van der Waals surface area contributed by atoms with Crippen LogP contribution >= 0.6 is 7.26 Å². The molecule has 0 atom stereocenters. The number of halogens is 1. The Bertz CT molecular complexity index is 578. The van der Waals surface area contributed by atoms with E-state index < -0.39 is 7.26 Å². The molecule has 0 spiro atoms. The van der Waals surface area contributed by atoms with Gasteiger partial charge in [-0.05, 0) is 37.1 Å². The van der Waals surface area contributed by atoms with E-state index in [4.69, 9.17) is 0 Å². The lowest BCUT2D eigenvalue weighted by Gasteiger charge is -2.27. The van der Waals surface area contributed by atoms with Crippen LogP contribution in [-0.4, -0.2) is 24.0 Å². The summed E-state index contributed by atoms with van der Waals surface area (Å²) in [5, 5.41) is 12.8. The summed E-state index contributed by atoms with van der Waals surface area (Å²) in [5.41, 5.74) is 0. The van der Waals surface area contributed by atoms with Crippen LogP contribution in [-0.2, 0) is 0 Å². The maximum atomic E-state index is 9.91. The molecule has 2 rings (SSSR count). The highest BCUT2D eigenvalue weighted by molar-refractivity contribution is 7.89. The van der Waals surface area contributed by atoms with E-state index in [9.17, 15) is 5.11 Å². The summed E-state index contributed by atoms with van der Waals surface area (Å²) >= 11 is 0. The lowest BCUT2D eigenvalue weighted by atomic mass is 10.1. The second-order valence-electron chi connectivity index (χ2n) is 7.99. The number of aliphatic hydroxyl groups excluding tert-OH is 1. The Kier molecular flexibility index (Phi) is 14.6. The van der Waals surface area contributed by atoms with Crippen LogP contribution in [0.4, 0.5) is 0 Å². The first kappa shape index (κ1) is 26.3. The first-order chi connectivity index (χ1) is 13.8. The maximum absolute atomic E-state index is 9.91. The summed E-state index contributed by atoms with van der Waals surface area (Å²) in [6.45, 7) is 2.56. The van der Waals surface area contributed by atoms with E-state index in [0.29, 0.717) is 0 Å². The van der Waals surface area contributed by atoms with Crippen molar-refractivity contribution in [1.29, 1.82) is 0 Å². The fraction of sp³-hybridized carbons (Fsp3) is 0.538. The van der Waals surface area contributed by atoms with Gasteiger partial charge in [-0.2, -0.15) is 0 Å². The van der Waals surface area contributed by atoms with Gasteiger partial charge in [0.25, 0.3) is 0 Å². The second-order valence-corrected chi connectivity index (χ2v) is 11.9. The zero-order valence-electron chi connectivity index (χ0n) is 18.2. The summed E-state index contributed by atoms with van der Waals surface area (Å²) in [5.74, 6) is 0. The molecule has 3 heteroatoms. The second kappa shape index (κ2) is 16.1. The SMILES string of the molecule is CCCCCCCCCCCC[P+](CCO)(c1ccccc1)c1ccccc1.[Br-]. The van der Waals surface area contributed by atoms with Gasteiger partial charge in [0.15, 0.2) is 0 Å². The van der Waals surface area contributed by atoms with Crippen molar-refractivity contribution in [3.63, 3.8) is 0 Å². The molecular weight excluding hydrogens is 439 g/mol. The van der Waals surface area contributed by atoms with E-state index >= 15 is 0 Å². The maximum Gasteiger partial charge on any atom is 0.0992 e. The van der Waals surface area contributed by atoms with Gasteiger partial charge in [0.05, 0.1) is 36.8 Å². The van der Waals surface area contributed by atoms with E-state index in [1.165, 1.54) is 81.0 Å². The highest BCUT2D eigenvalue weighted by atomic mass is 79.9. The lowest BCUT2D eigenvalue weighted by Crippen LogP contribution is -3.00. The van der Waals surface area contributed by atoms with Crippen molar-refractivity contribution in [2.24, 2.45) is 0 Å². The molecule has 0 amide bonds. The smallest absolute Gasteiger partial charge is 0.0992 e. The summed E-state index contributed by atoms with van der Waals surface area (Å²) in [6.07, 6.45) is 15.8. The quantitative estimate of drug-likeness (QED) is 0.306. The summed E-state index contributed by atoms with van der Waals surface area (Å²) in [7, 11) is -1.52. The fourth-order valence-electron chi connectivity index (χ4n) is 4.24. The fourth-order valence-corrected chi connectivity index (χ4v) is 8.39. The first-order valence-corrected chi connectivity index (χ1v) is 13.6. The normalized spacial score (nSPS) is 11.2. The summed E-state index contributed by atoms with van der Waals surface area (Å²) < 4.78 is 0. The van der Waals surface area contributed by atoms with Gasteiger partial charge in [0, 0.05) is 0 Å². The van der Waals surface area contributed by atoms with Crippen LogP contribution in [0.2, 0.25) is 0 Å². The van der Waals surface area contributed by atoms with Crippen LogP contribution < -0.4 is 27.6 Å². The Morgan fingerprint density at radius 1 is 0.586 bits per heavy atom. The first-order valence-electron chi connectivity index (χ1n) is 11.4. The summed E-state index contributed by atoms with van der Waals surface area (Å²) in [6, 6.07) is 22.0. The Morgan fingerprint density at radius 3 is 1.41 bits per heavy atom. The van der Waals surface area contributed by atoms with Gasteiger partial charge < -0.3 is 22.1 Å². The van der Waals surface area contributed by atoms with Crippen molar-refractivity contribution in [3.05, 3.63) is 60.7 Å². The topological polar surface area (TPSA) is 20.2 Å². The molecule has 0 saturated carbocycles. The third kappa shape index (κ3) is 8.91. The molecule has 0 fully saturated rings. The molecular formula is C26H40BrOP. The Labute approximate surface area is 190 Å². The molecule has 0 bridgehead atoms. The molecule has 0 saturated heterocycles. The average Bonchev–Trinajstić information content (AvgIpc) is 2.75. The molecule has 0 unspecified atom stereocenters. The van der Waals surface area contributed by atoms with Gasteiger partial charge in [-0.15, -0.1) is 0 Å². The van der Waals surface area contributed by atoms with Crippen LogP contribution in [0.5, 0.6) is 0 Å². The molecule has 0 aromatic heterocycles. The number of hydrogen-bond acceptors (Lipinski definition) is 1. The predicted molar refractivity (Wildman–Crippen MR) is 128 cm³/mol. The van der Waals surface area contributed by atoms with Crippen molar-refractivity contribution in [1.82, 2.24) is 0 Å². The van der Waals surface area contributed by atoms with Crippen molar-refractivity contribution >= 4 is 17.9 Å². The van der Waals surface area contributed by atoms with Crippen molar-refractivity contribution in [3.8, 4) is 0 Å². The number of rotatable bonds is 15. The van der Waals surface area contributed by atoms with Gasteiger partial charge in [0.1, 0.15) is 0 Å². The monoisotopic (exact) mass is 478 g/mol. The molecule has 0 heterocycles. The van der Waals surface area contributed by atoms with Gasteiger partial charge in [0.2, 0.25) is 0 Å². The van der Waals surface area contributed by atoms with E-state index in [2.05, 4.69) is 67.6 Å². The molecule has 0 aliphatic carbocycles. The third-order valence-corrected chi connectivity index (χ3v) is 10.5. The van der Waals surface area contributed by atoms with Crippen LogP contribution in [0, 0.1) is 0 Å². The Morgan fingerprint density at radius 2 is 1.00 bits per heavy atom. The van der Waals surface area contributed by atoms with Crippen LogP contribution in [0.25, 0.3) is 0 Å². The summed E-state index contributed by atoms with van der Waals surface area (Å²) in [4.78, 5) is 0. The molecule has 0 radical (unpaired) electrons. The predicted octanol–water partition coefficient (Wildman–Crippen LogP) is 3.57. The van der Waals surface area contributed by atoms with Gasteiger partial charge in [-0.25, -0.2) is 0 Å². The highest BCUT2D eigenvalue weighted by Crippen LogP contribution is 2.56. The molecule has 1 nitrogen and oxygen atoms in total. The number of aliphatic hydroxyl groups is 1. The molecule has 29 heavy (non-hydrogen) atoms. The molecule has 0 aliphatic rings. The minimum atomic E-state index is -1.52. The Hall–Kier alpha value is -0.690. The van der Waals surface area contributed by atoms with E-state index in [-0.39, 0.29) is 23.6 Å². The number of unbranched alkanes of at least 4 members (excludes halogenated alkanes) is 9. The number of benzene rings is 2. The largest absolute Gasteiger partial charge is 1.00 e. The van der Waals surface area contributed by atoms with Crippen molar-refractivity contribution < 1.29 is 22.1 Å². The van der Waals surface area contributed by atoms with Crippen LogP contribution in [0.3, 0.4) is 0 Å². The van der Waals surface area contributed by atoms with Crippen molar-refractivity contribution in [2.75, 3.05) is 18.9 Å². The molecule has 1 N–H and O–H groups in total. The van der Waals surface area contributed by atoms with E-state index in [0.717, 1.165) is 6.16 Å².